The minimum absolute atomic E-state index is 0.0914. The van der Waals surface area contributed by atoms with Crippen LogP contribution in [0.2, 0.25) is 0 Å². The molecule has 1 saturated heterocycles. The fourth-order valence-electron chi connectivity index (χ4n) is 1.27. The molecule has 0 aromatic carbocycles. The second-order valence-corrected chi connectivity index (χ2v) is 3.92. The van der Waals surface area contributed by atoms with Gasteiger partial charge in [0.25, 0.3) is 5.91 Å². The van der Waals surface area contributed by atoms with Crippen molar-refractivity contribution in [1.29, 1.82) is 0 Å². The van der Waals surface area contributed by atoms with E-state index in [0.29, 0.717) is 11.0 Å². The van der Waals surface area contributed by atoms with Gasteiger partial charge in [-0.3, -0.25) is 9.69 Å². The van der Waals surface area contributed by atoms with Crippen molar-refractivity contribution in [3.8, 4) is 0 Å². The average molecular weight is 186 g/mol. The third-order valence-corrected chi connectivity index (χ3v) is 2.33. The van der Waals surface area contributed by atoms with E-state index >= 15 is 0 Å². The second kappa shape index (κ2) is 3.39. The Labute approximate surface area is 78.1 Å². The summed E-state index contributed by atoms with van der Waals surface area (Å²) in [5, 5.41) is 3.54. The van der Waals surface area contributed by atoms with Gasteiger partial charge in [-0.2, -0.15) is 0 Å². The lowest BCUT2D eigenvalue weighted by Gasteiger charge is -2.10. The molecule has 0 spiro atoms. The lowest BCUT2D eigenvalue weighted by Crippen LogP contribution is -2.30. The SMILES string of the molecule is CC(C)CC1NC(=S)N(C)C1=O. The summed E-state index contributed by atoms with van der Waals surface area (Å²) in [7, 11) is 1.71. The molecule has 1 aliphatic rings. The highest BCUT2D eigenvalue weighted by Gasteiger charge is 2.32. The predicted octanol–water partition coefficient (Wildman–Crippen LogP) is 0.748. The number of hydrogen-bond donors (Lipinski definition) is 1. The van der Waals surface area contributed by atoms with Crippen LogP contribution in [0.4, 0.5) is 0 Å². The first-order chi connectivity index (χ1) is 5.52. The van der Waals surface area contributed by atoms with Crippen molar-refractivity contribution in [3.63, 3.8) is 0 Å². The smallest absolute Gasteiger partial charge is 0.251 e. The van der Waals surface area contributed by atoms with E-state index in [2.05, 4.69) is 19.2 Å². The fraction of sp³-hybridized carbons (Fsp3) is 0.750. The molecule has 0 aromatic heterocycles. The summed E-state index contributed by atoms with van der Waals surface area (Å²) in [4.78, 5) is 12.9. The quantitative estimate of drug-likeness (QED) is 0.646. The van der Waals surface area contributed by atoms with Gasteiger partial charge in [-0.15, -0.1) is 0 Å². The molecule has 0 saturated carbocycles. The van der Waals surface area contributed by atoms with Crippen LogP contribution in [0.5, 0.6) is 0 Å². The topological polar surface area (TPSA) is 32.3 Å². The first-order valence-corrected chi connectivity index (χ1v) is 4.51. The molecule has 1 atom stereocenters. The van der Waals surface area contributed by atoms with Crippen LogP contribution in [-0.2, 0) is 4.79 Å². The molecule has 68 valence electrons. The Morgan fingerprint density at radius 3 is 2.58 bits per heavy atom. The van der Waals surface area contributed by atoms with Gasteiger partial charge in [0.1, 0.15) is 6.04 Å². The predicted molar refractivity (Wildman–Crippen MR) is 51.7 cm³/mol. The molecule has 1 aliphatic heterocycles. The number of hydrogen-bond acceptors (Lipinski definition) is 2. The van der Waals surface area contributed by atoms with Gasteiger partial charge in [0.2, 0.25) is 0 Å². The maximum absolute atomic E-state index is 11.4. The highest BCUT2D eigenvalue weighted by Crippen LogP contribution is 2.12. The van der Waals surface area contributed by atoms with E-state index in [1.54, 1.807) is 7.05 Å². The number of amides is 1. The largest absolute Gasteiger partial charge is 0.350 e. The third kappa shape index (κ3) is 1.75. The van der Waals surface area contributed by atoms with Crippen molar-refractivity contribution >= 4 is 23.2 Å². The van der Waals surface area contributed by atoms with Crippen LogP contribution in [0.15, 0.2) is 0 Å². The first-order valence-electron chi connectivity index (χ1n) is 4.10. The van der Waals surface area contributed by atoms with Gasteiger partial charge in [0, 0.05) is 7.05 Å². The zero-order valence-electron chi connectivity index (χ0n) is 7.63. The van der Waals surface area contributed by atoms with Crippen LogP contribution in [0.1, 0.15) is 20.3 Å². The molecule has 1 heterocycles. The zero-order valence-corrected chi connectivity index (χ0v) is 8.44. The van der Waals surface area contributed by atoms with Gasteiger partial charge in [-0.05, 0) is 24.6 Å². The highest BCUT2D eigenvalue weighted by atomic mass is 32.1. The zero-order chi connectivity index (χ0) is 9.30. The van der Waals surface area contributed by atoms with Crippen molar-refractivity contribution < 1.29 is 4.79 Å². The Morgan fingerprint density at radius 2 is 2.25 bits per heavy atom. The first kappa shape index (κ1) is 9.45. The van der Waals surface area contributed by atoms with Crippen molar-refractivity contribution in [2.75, 3.05) is 7.05 Å². The fourth-order valence-corrected chi connectivity index (χ4v) is 1.50. The van der Waals surface area contributed by atoms with Crippen molar-refractivity contribution in [3.05, 3.63) is 0 Å². The molecule has 1 unspecified atom stereocenters. The van der Waals surface area contributed by atoms with Crippen LogP contribution in [-0.4, -0.2) is 29.0 Å². The van der Waals surface area contributed by atoms with Gasteiger partial charge >= 0.3 is 0 Å². The monoisotopic (exact) mass is 186 g/mol. The summed E-state index contributed by atoms with van der Waals surface area (Å²) in [5.74, 6) is 0.606. The van der Waals surface area contributed by atoms with Gasteiger partial charge in [-0.25, -0.2) is 0 Å². The summed E-state index contributed by atoms with van der Waals surface area (Å²) < 4.78 is 0. The molecule has 12 heavy (non-hydrogen) atoms. The minimum atomic E-state index is -0.0949. The molecule has 1 amide bonds. The summed E-state index contributed by atoms with van der Waals surface area (Å²) in [5.41, 5.74) is 0. The molecule has 0 bridgehead atoms. The summed E-state index contributed by atoms with van der Waals surface area (Å²) in [6.45, 7) is 4.19. The number of nitrogens with zero attached hydrogens (tertiary/aromatic N) is 1. The molecule has 0 aromatic rings. The summed E-state index contributed by atoms with van der Waals surface area (Å²) in [6, 6.07) is -0.0949. The number of likely N-dealkylation sites (N-methyl/N-ethyl adjacent to an activating group) is 1. The Hall–Kier alpha value is -0.640. The Balaban J connectivity index is 2.59. The van der Waals surface area contributed by atoms with E-state index in [1.807, 2.05) is 0 Å². The van der Waals surface area contributed by atoms with Crippen molar-refractivity contribution in [2.45, 2.75) is 26.3 Å². The molecule has 3 nitrogen and oxygen atoms in total. The normalized spacial score (nSPS) is 23.7. The van der Waals surface area contributed by atoms with Crippen LogP contribution < -0.4 is 5.32 Å². The number of carbonyl (C=O) groups is 1. The van der Waals surface area contributed by atoms with E-state index in [0.717, 1.165) is 6.42 Å². The summed E-state index contributed by atoms with van der Waals surface area (Å²) in [6.07, 6.45) is 0.851. The van der Waals surface area contributed by atoms with Crippen molar-refractivity contribution in [2.24, 2.45) is 5.92 Å². The van der Waals surface area contributed by atoms with Crippen LogP contribution in [0.3, 0.4) is 0 Å². The molecule has 0 radical (unpaired) electrons. The molecule has 0 aliphatic carbocycles. The molecule has 1 fully saturated rings. The maximum Gasteiger partial charge on any atom is 0.251 e. The van der Waals surface area contributed by atoms with E-state index < -0.39 is 0 Å². The number of nitrogens with one attached hydrogen (secondary N) is 1. The lowest BCUT2D eigenvalue weighted by atomic mass is 10.0. The van der Waals surface area contributed by atoms with E-state index in [-0.39, 0.29) is 11.9 Å². The van der Waals surface area contributed by atoms with E-state index in [9.17, 15) is 4.79 Å². The third-order valence-electron chi connectivity index (χ3n) is 1.94. The van der Waals surface area contributed by atoms with Crippen molar-refractivity contribution in [1.82, 2.24) is 10.2 Å². The van der Waals surface area contributed by atoms with Crippen LogP contribution >= 0.6 is 12.2 Å². The Morgan fingerprint density at radius 1 is 1.67 bits per heavy atom. The molecular weight excluding hydrogens is 172 g/mol. The maximum atomic E-state index is 11.4. The molecular formula is C8H14N2OS. The Bertz CT molecular complexity index is 215. The van der Waals surface area contributed by atoms with Gasteiger partial charge in [0.05, 0.1) is 0 Å². The lowest BCUT2D eigenvalue weighted by molar-refractivity contribution is -0.126. The van der Waals surface area contributed by atoms with Gasteiger partial charge in [0.15, 0.2) is 5.11 Å². The minimum Gasteiger partial charge on any atom is -0.350 e. The molecule has 1 N–H and O–H groups in total. The molecule has 1 rings (SSSR count). The number of rotatable bonds is 2. The second-order valence-electron chi connectivity index (χ2n) is 3.53. The van der Waals surface area contributed by atoms with E-state index in [1.165, 1.54) is 4.90 Å². The van der Waals surface area contributed by atoms with Gasteiger partial charge in [-0.1, -0.05) is 13.8 Å². The van der Waals surface area contributed by atoms with Crippen LogP contribution in [0, 0.1) is 5.92 Å². The average Bonchev–Trinajstić information content (AvgIpc) is 2.17. The van der Waals surface area contributed by atoms with Crippen LogP contribution in [0.25, 0.3) is 0 Å². The number of thiocarbonyl (C=S) groups is 1. The Kier molecular flexibility index (Phi) is 2.67. The summed E-state index contributed by atoms with van der Waals surface area (Å²) >= 11 is 4.94. The van der Waals surface area contributed by atoms with E-state index in [4.69, 9.17) is 12.2 Å². The number of carbonyl (C=O) groups excluding carboxylic acids is 1. The standard InChI is InChI=1S/C8H14N2OS/c1-5(2)4-6-7(11)10(3)8(12)9-6/h5-6H,4H2,1-3H3,(H,9,12). The highest BCUT2D eigenvalue weighted by molar-refractivity contribution is 7.80. The molecule has 4 heteroatoms. The van der Waals surface area contributed by atoms with Gasteiger partial charge < -0.3 is 5.32 Å².